The highest BCUT2D eigenvalue weighted by atomic mass is 32.2. The summed E-state index contributed by atoms with van der Waals surface area (Å²) in [5, 5.41) is 1.23. The largest absolute Gasteiger partial charge is 0.377 e. The predicted octanol–water partition coefficient (Wildman–Crippen LogP) is 6.30. The Labute approximate surface area is 226 Å². The van der Waals surface area contributed by atoms with Crippen LogP contribution in [-0.2, 0) is 32.0 Å². The summed E-state index contributed by atoms with van der Waals surface area (Å²) < 4.78 is 23.3. The van der Waals surface area contributed by atoms with Crippen molar-refractivity contribution in [1.29, 1.82) is 0 Å². The van der Waals surface area contributed by atoms with Crippen LogP contribution in [0.5, 0.6) is 0 Å². The van der Waals surface area contributed by atoms with Crippen molar-refractivity contribution in [2.24, 2.45) is 5.92 Å². The van der Waals surface area contributed by atoms with Crippen molar-refractivity contribution in [2.45, 2.75) is 90.2 Å². The molecule has 1 N–H and O–H groups in total. The van der Waals surface area contributed by atoms with Gasteiger partial charge in [-0.1, -0.05) is 90.9 Å². The van der Waals surface area contributed by atoms with Crippen LogP contribution in [0.25, 0.3) is 0 Å². The summed E-state index contributed by atoms with van der Waals surface area (Å²) in [6, 6.07) is 14.0. The normalized spacial score (nSPS) is 14.3. The van der Waals surface area contributed by atoms with Gasteiger partial charge in [0, 0.05) is 19.7 Å². The Kier molecular flexibility index (Phi) is 12.4. The van der Waals surface area contributed by atoms with Crippen molar-refractivity contribution < 1.29 is 18.6 Å². The average molecular weight is 531 g/mol. The molecule has 0 bridgehead atoms. The molecule has 2 aromatic carbocycles. The third kappa shape index (κ3) is 8.74. The molecule has 2 aromatic rings. The number of hydroxylamine groups is 2. The molecule has 0 aliphatic heterocycles. The number of benzene rings is 2. The van der Waals surface area contributed by atoms with Crippen LogP contribution in [0.15, 0.2) is 47.4 Å². The molecule has 0 unspecified atom stereocenters. The van der Waals surface area contributed by atoms with E-state index in [-0.39, 0.29) is 23.8 Å². The van der Waals surface area contributed by atoms with Crippen molar-refractivity contribution in [3.8, 4) is 0 Å². The van der Waals surface area contributed by atoms with Gasteiger partial charge in [0.2, 0.25) is 5.91 Å². The first kappa shape index (κ1) is 31.2. The summed E-state index contributed by atoms with van der Waals surface area (Å²) in [7, 11) is 1.55. The molecule has 6 nitrogen and oxygen atoms in total. The number of nitrogens with one attached hydrogen (secondary N) is 1. The van der Waals surface area contributed by atoms with Gasteiger partial charge in [-0.05, 0) is 46.4 Å². The van der Waals surface area contributed by atoms with Crippen LogP contribution in [0, 0.1) is 5.92 Å². The van der Waals surface area contributed by atoms with Crippen LogP contribution in [-0.4, -0.2) is 42.0 Å². The zero-order valence-corrected chi connectivity index (χ0v) is 24.9. The molecule has 0 spiro atoms. The summed E-state index contributed by atoms with van der Waals surface area (Å²) in [6.07, 6.45) is 0.529. The molecule has 0 saturated carbocycles. The summed E-state index contributed by atoms with van der Waals surface area (Å²) in [5.41, 5.74) is 4.53. The van der Waals surface area contributed by atoms with Gasteiger partial charge >= 0.3 is 0 Å². The smallest absolute Gasteiger partial charge is 0.250 e. The molecule has 0 saturated heterocycles. The molecule has 206 valence electrons. The van der Waals surface area contributed by atoms with Crippen LogP contribution in [0.2, 0.25) is 0 Å². The zero-order valence-electron chi connectivity index (χ0n) is 24.0. The van der Waals surface area contributed by atoms with Crippen molar-refractivity contribution in [3.05, 3.63) is 64.7 Å². The van der Waals surface area contributed by atoms with Crippen molar-refractivity contribution in [1.82, 2.24) is 9.79 Å². The first-order valence-corrected chi connectivity index (χ1v) is 14.4. The maximum absolute atomic E-state index is 14.0. The van der Waals surface area contributed by atoms with E-state index in [1.165, 1.54) is 17.7 Å². The summed E-state index contributed by atoms with van der Waals surface area (Å²) in [5.74, 6) is 0.159. The second-order valence-corrected chi connectivity index (χ2v) is 11.8. The predicted molar refractivity (Wildman–Crippen MR) is 152 cm³/mol. The minimum atomic E-state index is -1.51. The average Bonchev–Trinajstić information content (AvgIpc) is 2.88. The standard InChI is InChI=1S/C30H46N2O4S/c1-20(2)25-17-26(21(3)4)29(27(18-25)22(5)6)37(34)31-28(23(7)30(33)32(8)35-9)15-16-36-19-24-13-11-10-12-14-24/h10-14,17-18,20-23,28,31H,15-16,19H2,1-9H3/t23-,28+,37+/m0/s1. The Morgan fingerprint density at radius 2 is 1.51 bits per heavy atom. The molecule has 0 aromatic heterocycles. The number of rotatable bonds is 14. The van der Waals surface area contributed by atoms with E-state index in [0.29, 0.717) is 25.6 Å². The number of hydrogen-bond acceptors (Lipinski definition) is 4. The van der Waals surface area contributed by atoms with Gasteiger partial charge in [0.25, 0.3) is 0 Å². The molecular weight excluding hydrogens is 484 g/mol. The van der Waals surface area contributed by atoms with Gasteiger partial charge < -0.3 is 4.74 Å². The topological polar surface area (TPSA) is 67.9 Å². The van der Waals surface area contributed by atoms with E-state index in [0.717, 1.165) is 21.6 Å². The van der Waals surface area contributed by atoms with E-state index in [4.69, 9.17) is 9.57 Å². The monoisotopic (exact) mass is 530 g/mol. The molecule has 0 heterocycles. The van der Waals surface area contributed by atoms with E-state index in [1.807, 2.05) is 37.3 Å². The maximum Gasteiger partial charge on any atom is 0.250 e. The molecule has 0 aliphatic rings. The van der Waals surface area contributed by atoms with Crippen LogP contribution >= 0.6 is 0 Å². The number of hydrogen-bond donors (Lipinski definition) is 1. The van der Waals surface area contributed by atoms with Gasteiger partial charge in [0.15, 0.2) is 0 Å². The number of amides is 1. The van der Waals surface area contributed by atoms with Gasteiger partial charge in [-0.15, -0.1) is 0 Å². The third-order valence-electron chi connectivity index (χ3n) is 6.79. The number of nitrogens with zero attached hydrogens (tertiary/aromatic N) is 1. The fourth-order valence-electron chi connectivity index (χ4n) is 4.23. The minimum Gasteiger partial charge on any atom is -0.377 e. The number of ether oxygens (including phenoxy) is 1. The summed E-state index contributed by atoms with van der Waals surface area (Å²) in [6.45, 7) is 15.7. The first-order valence-electron chi connectivity index (χ1n) is 13.3. The molecule has 0 aliphatic carbocycles. The number of carbonyl (C=O) groups is 1. The molecule has 2 rings (SSSR count). The highest BCUT2D eigenvalue weighted by Gasteiger charge is 2.30. The van der Waals surface area contributed by atoms with Gasteiger partial charge in [0.1, 0.15) is 11.0 Å². The lowest BCUT2D eigenvalue weighted by molar-refractivity contribution is -0.173. The lowest BCUT2D eigenvalue weighted by Gasteiger charge is -2.28. The van der Waals surface area contributed by atoms with E-state index in [2.05, 4.69) is 58.4 Å². The van der Waals surface area contributed by atoms with Gasteiger partial charge in [-0.25, -0.2) is 14.0 Å². The fraction of sp³-hybridized carbons (Fsp3) is 0.567. The van der Waals surface area contributed by atoms with Crippen LogP contribution in [0.3, 0.4) is 0 Å². The quantitative estimate of drug-likeness (QED) is 0.230. The Morgan fingerprint density at radius 3 is 2.00 bits per heavy atom. The second kappa shape index (κ2) is 14.8. The molecular formula is C30H46N2O4S. The number of carbonyl (C=O) groups excluding carboxylic acids is 1. The molecule has 3 atom stereocenters. The molecule has 7 heteroatoms. The Hall–Kier alpha value is -2.06. The minimum absolute atomic E-state index is 0.177. The van der Waals surface area contributed by atoms with Crippen LogP contribution in [0.4, 0.5) is 0 Å². The Bertz CT molecular complexity index is 994. The molecule has 37 heavy (non-hydrogen) atoms. The molecule has 0 radical (unpaired) electrons. The van der Waals surface area contributed by atoms with Gasteiger partial charge in [-0.2, -0.15) is 0 Å². The Balaban J connectivity index is 2.34. The van der Waals surface area contributed by atoms with Gasteiger partial charge in [-0.3, -0.25) is 9.63 Å². The lowest BCUT2D eigenvalue weighted by atomic mass is 9.89. The molecule has 0 fully saturated rings. The lowest BCUT2D eigenvalue weighted by Crippen LogP contribution is -2.45. The maximum atomic E-state index is 14.0. The SMILES string of the molecule is CON(C)C(=O)[C@@H](C)[C@@H](CCOCc1ccccc1)N[S@](=O)c1c(C(C)C)cc(C(C)C)cc1C(C)C. The fourth-order valence-corrected chi connectivity index (χ4v) is 5.97. The zero-order chi connectivity index (χ0) is 27.7. The van der Waals surface area contributed by atoms with E-state index in [1.54, 1.807) is 7.05 Å². The third-order valence-corrected chi connectivity index (χ3v) is 8.14. The summed E-state index contributed by atoms with van der Waals surface area (Å²) >= 11 is 0. The Morgan fingerprint density at radius 1 is 0.946 bits per heavy atom. The van der Waals surface area contributed by atoms with Gasteiger partial charge in [0.05, 0.1) is 24.5 Å². The highest BCUT2D eigenvalue weighted by molar-refractivity contribution is 7.83. The van der Waals surface area contributed by atoms with Crippen LogP contribution in [0.1, 0.15) is 94.9 Å². The summed E-state index contributed by atoms with van der Waals surface area (Å²) in [4.78, 5) is 19.0. The van der Waals surface area contributed by atoms with Crippen LogP contribution < -0.4 is 4.72 Å². The second-order valence-electron chi connectivity index (χ2n) is 10.6. The van der Waals surface area contributed by atoms with Crippen molar-refractivity contribution in [3.63, 3.8) is 0 Å². The van der Waals surface area contributed by atoms with Crippen molar-refractivity contribution in [2.75, 3.05) is 20.8 Å². The van der Waals surface area contributed by atoms with Crippen molar-refractivity contribution >= 4 is 16.9 Å². The molecule has 1 amide bonds. The van der Waals surface area contributed by atoms with E-state index < -0.39 is 16.9 Å². The van der Waals surface area contributed by atoms with E-state index >= 15 is 0 Å². The highest BCUT2D eigenvalue weighted by Crippen LogP contribution is 2.34. The van der Waals surface area contributed by atoms with E-state index in [9.17, 15) is 9.00 Å². The first-order chi connectivity index (χ1) is 17.5.